The van der Waals surface area contributed by atoms with E-state index >= 15 is 0 Å². The second-order valence-corrected chi connectivity index (χ2v) is 7.62. The van der Waals surface area contributed by atoms with Crippen molar-refractivity contribution < 1.29 is 0 Å². The summed E-state index contributed by atoms with van der Waals surface area (Å²) >= 11 is 0. The highest BCUT2D eigenvalue weighted by Crippen LogP contribution is 2.37. The molecule has 0 fully saturated rings. The molecule has 0 aliphatic rings. The smallest absolute Gasteiger partial charge is 0.126 e. The van der Waals surface area contributed by atoms with E-state index in [1.165, 1.54) is 32.4 Å². The van der Waals surface area contributed by atoms with Gasteiger partial charge in [0.25, 0.3) is 0 Å². The number of aromatic nitrogens is 3. The predicted molar refractivity (Wildman–Crippen MR) is 121 cm³/mol. The van der Waals surface area contributed by atoms with Gasteiger partial charge in [-0.2, -0.15) is 0 Å². The lowest BCUT2D eigenvalue weighted by atomic mass is 10.0. The molecule has 0 radical (unpaired) electrons. The number of nitrogens with zero attached hydrogens (tertiary/aromatic N) is 3. The molecule has 4 aromatic carbocycles. The normalized spacial score (nSPS) is 11.8. The number of fused-ring (bicyclic) bond motifs is 6. The number of hydrogen-bond donors (Lipinski definition) is 0. The van der Waals surface area contributed by atoms with E-state index in [-0.39, 0.29) is 0 Å². The maximum Gasteiger partial charge on any atom is 0.126 e. The molecular weight excluding hydrogens is 354 g/mol. The van der Waals surface area contributed by atoms with E-state index in [2.05, 4.69) is 90.5 Å². The molecule has 0 saturated carbocycles. The zero-order valence-electron chi connectivity index (χ0n) is 16.3. The molecule has 0 atom stereocenters. The van der Waals surface area contributed by atoms with Gasteiger partial charge in [0.15, 0.2) is 0 Å². The quantitative estimate of drug-likeness (QED) is 0.334. The van der Waals surface area contributed by atoms with E-state index in [1.807, 2.05) is 6.92 Å². The molecule has 0 amide bonds. The van der Waals surface area contributed by atoms with Crippen LogP contribution in [0.25, 0.3) is 54.7 Å². The Morgan fingerprint density at radius 3 is 2.31 bits per heavy atom. The molecule has 2 heterocycles. The molecular formula is C26H19N3. The van der Waals surface area contributed by atoms with E-state index in [0.29, 0.717) is 0 Å². The molecule has 6 aromatic rings. The summed E-state index contributed by atoms with van der Waals surface area (Å²) in [6, 6.07) is 27.9. The minimum Gasteiger partial charge on any atom is -0.340 e. The third-order valence-electron chi connectivity index (χ3n) is 5.86. The molecule has 29 heavy (non-hydrogen) atoms. The molecule has 138 valence electrons. The Bertz CT molecular complexity index is 1570. The monoisotopic (exact) mass is 373 g/mol. The van der Waals surface area contributed by atoms with E-state index < -0.39 is 0 Å². The number of benzene rings is 4. The molecule has 3 nitrogen and oxygen atoms in total. The molecule has 0 saturated heterocycles. The molecule has 0 spiro atoms. The average molecular weight is 373 g/mol. The minimum atomic E-state index is 0.793. The summed E-state index contributed by atoms with van der Waals surface area (Å²) in [5, 5.41) is 6.13. The van der Waals surface area contributed by atoms with Crippen molar-refractivity contribution in [2.75, 3.05) is 0 Å². The first kappa shape index (κ1) is 16.3. The van der Waals surface area contributed by atoms with Gasteiger partial charge in [0.05, 0.1) is 16.7 Å². The summed E-state index contributed by atoms with van der Waals surface area (Å²) < 4.78 is 2.24. The average Bonchev–Trinajstić information content (AvgIpc) is 3.05. The molecule has 3 heteroatoms. The Kier molecular flexibility index (Phi) is 3.30. The summed E-state index contributed by atoms with van der Waals surface area (Å²) in [6.45, 7) is 1.98. The van der Waals surface area contributed by atoms with Crippen LogP contribution in [-0.4, -0.2) is 14.5 Å². The number of aryl methyl sites for hydroxylation is 2. The van der Waals surface area contributed by atoms with Crippen LogP contribution in [0.5, 0.6) is 0 Å². The van der Waals surface area contributed by atoms with E-state index in [4.69, 9.17) is 9.97 Å². The second kappa shape index (κ2) is 5.89. The van der Waals surface area contributed by atoms with Crippen molar-refractivity contribution in [3.8, 4) is 11.3 Å². The van der Waals surface area contributed by atoms with Crippen LogP contribution in [0.2, 0.25) is 0 Å². The Hall–Kier alpha value is -3.72. The van der Waals surface area contributed by atoms with Crippen molar-refractivity contribution in [1.29, 1.82) is 0 Å². The van der Waals surface area contributed by atoms with Gasteiger partial charge in [0.1, 0.15) is 11.3 Å². The van der Waals surface area contributed by atoms with Gasteiger partial charge >= 0.3 is 0 Å². The van der Waals surface area contributed by atoms with Crippen LogP contribution in [0.15, 0.2) is 78.9 Å². The lowest BCUT2D eigenvalue weighted by Gasteiger charge is -2.08. The zero-order valence-corrected chi connectivity index (χ0v) is 16.3. The van der Waals surface area contributed by atoms with Crippen LogP contribution in [0.4, 0.5) is 0 Å². The van der Waals surface area contributed by atoms with Gasteiger partial charge < -0.3 is 4.57 Å². The molecule has 0 unspecified atom stereocenters. The van der Waals surface area contributed by atoms with Crippen LogP contribution >= 0.6 is 0 Å². The van der Waals surface area contributed by atoms with Crippen molar-refractivity contribution in [3.05, 3.63) is 84.7 Å². The zero-order chi connectivity index (χ0) is 19.5. The minimum absolute atomic E-state index is 0.793. The fourth-order valence-corrected chi connectivity index (χ4v) is 4.51. The van der Waals surface area contributed by atoms with E-state index in [0.717, 1.165) is 28.1 Å². The first-order valence-corrected chi connectivity index (χ1v) is 9.84. The lowest BCUT2D eigenvalue weighted by molar-refractivity contribution is 0.997. The molecule has 0 bridgehead atoms. The van der Waals surface area contributed by atoms with Gasteiger partial charge in [-0.15, -0.1) is 0 Å². The topological polar surface area (TPSA) is 30.7 Å². The molecule has 6 rings (SSSR count). The molecule has 0 aliphatic heterocycles. The van der Waals surface area contributed by atoms with E-state index in [9.17, 15) is 0 Å². The highest BCUT2D eigenvalue weighted by Gasteiger charge is 2.18. The fourth-order valence-electron chi connectivity index (χ4n) is 4.51. The first-order chi connectivity index (χ1) is 14.2. The van der Waals surface area contributed by atoms with Crippen LogP contribution in [0.1, 0.15) is 5.82 Å². The number of hydrogen-bond acceptors (Lipinski definition) is 2. The van der Waals surface area contributed by atoms with Crippen molar-refractivity contribution in [1.82, 2.24) is 14.5 Å². The highest BCUT2D eigenvalue weighted by molar-refractivity contribution is 6.21. The van der Waals surface area contributed by atoms with Gasteiger partial charge in [-0.1, -0.05) is 66.7 Å². The Labute approximate surface area is 168 Å². The molecule has 0 aliphatic carbocycles. The summed E-state index contributed by atoms with van der Waals surface area (Å²) in [7, 11) is 2.11. The Balaban J connectivity index is 1.78. The fraction of sp³-hybridized carbons (Fsp3) is 0.0769. The van der Waals surface area contributed by atoms with Crippen molar-refractivity contribution in [3.63, 3.8) is 0 Å². The second-order valence-electron chi connectivity index (χ2n) is 7.62. The van der Waals surface area contributed by atoms with Crippen LogP contribution < -0.4 is 0 Å². The van der Waals surface area contributed by atoms with Crippen LogP contribution in [0, 0.1) is 6.92 Å². The summed E-state index contributed by atoms with van der Waals surface area (Å²) in [4.78, 5) is 9.77. The molecule has 2 aromatic heterocycles. The van der Waals surface area contributed by atoms with Gasteiger partial charge in [-0.05, 0) is 40.6 Å². The van der Waals surface area contributed by atoms with Gasteiger partial charge in [-0.25, -0.2) is 9.97 Å². The maximum atomic E-state index is 4.89. The summed E-state index contributed by atoms with van der Waals surface area (Å²) in [5.74, 6) is 0.793. The third-order valence-corrected chi connectivity index (χ3v) is 5.86. The Morgan fingerprint density at radius 1 is 0.724 bits per heavy atom. The van der Waals surface area contributed by atoms with Crippen LogP contribution in [0.3, 0.4) is 0 Å². The lowest BCUT2D eigenvalue weighted by Crippen LogP contribution is -1.97. The van der Waals surface area contributed by atoms with Gasteiger partial charge in [0.2, 0.25) is 0 Å². The third kappa shape index (κ3) is 2.31. The van der Waals surface area contributed by atoms with Crippen molar-refractivity contribution >= 4 is 43.5 Å². The van der Waals surface area contributed by atoms with Crippen LogP contribution in [-0.2, 0) is 7.05 Å². The van der Waals surface area contributed by atoms with Gasteiger partial charge in [-0.3, -0.25) is 0 Å². The van der Waals surface area contributed by atoms with Crippen molar-refractivity contribution in [2.24, 2.45) is 7.05 Å². The predicted octanol–water partition coefficient (Wildman–Crippen LogP) is 6.40. The maximum absolute atomic E-state index is 4.89. The summed E-state index contributed by atoms with van der Waals surface area (Å²) in [5.41, 5.74) is 5.39. The number of rotatable bonds is 1. The van der Waals surface area contributed by atoms with Crippen molar-refractivity contribution in [2.45, 2.75) is 6.92 Å². The summed E-state index contributed by atoms with van der Waals surface area (Å²) in [6.07, 6.45) is 0. The molecule has 0 N–H and O–H groups in total. The first-order valence-electron chi connectivity index (χ1n) is 9.84. The highest BCUT2D eigenvalue weighted by atomic mass is 15.0. The van der Waals surface area contributed by atoms with Gasteiger partial charge in [0, 0.05) is 18.0 Å². The SMILES string of the molecule is Cc1nc(-c2ccc3ccccc3c2)c2c(n1)c1c3ccccc3ccc1n2C. The largest absolute Gasteiger partial charge is 0.340 e. The Morgan fingerprint density at radius 2 is 1.45 bits per heavy atom. The standard InChI is InChI=1S/C26H19N3/c1-16-27-24(20-12-11-17-7-3-4-9-19(17)15-20)26-25(28-16)23-21-10-6-5-8-18(21)13-14-22(23)29(26)2/h3-15H,1-2H3. The van der Waals surface area contributed by atoms with E-state index in [1.54, 1.807) is 0 Å².